The number of carbonyl (C=O) groups excluding carboxylic acids is 1. The molecular formula is C15H16F3N3O2. The van der Waals surface area contributed by atoms with Gasteiger partial charge in [0.1, 0.15) is 0 Å². The topological polar surface area (TPSA) is 59.2 Å². The maximum Gasteiger partial charge on any atom is 0.471 e. The lowest BCUT2D eigenvalue weighted by molar-refractivity contribution is -0.159. The van der Waals surface area contributed by atoms with Crippen molar-refractivity contribution in [3.63, 3.8) is 0 Å². The van der Waals surface area contributed by atoms with Gasteiger partial charge in [0.25, 0.3) is 0 Å². The molecule has 5 nitrogen and oxygen atoms in total. The molecule has 0 saturated heterocycles. The van der Waals surface area contributed by atoms with Crippen LogP contribution in [0.2, 0.25) is 0 Å². The number of alkyl halides is 3. The summed E-state index contributed by atoms with van der Waals surface area (Å²) < 4.78 is 41.5. The molecule has 0 atom stereocenters. The third-order valence-electron chi connectivity index (χ3n) is 3.19. The maximum absolute atomic E-state index is 12.4. The first kappa shape index (κ1) is 17.0. The summed E-state index contributed by atoms with van der Waals surface area (Å²) in [6, 6.07) is 6.63. The molecular weight excluding hydrogens is 311 g/mol. The van der Waals surface area contributed by atoms with E-state index in [1.54, 1.807) is 36.2 Å². The van der Waals surface area contributed by atoms with Crippen LogP contribution in [0.15, 0.2) is 28.8 Å². The van der Waals surface area contributed by atoms with Crippen LogP contribution in [-0.4, -0.2) is 28.0 Å². The number of amides is 1. The normalized spacial score (nSPS) is 11.5. The van der Waals surface area contributed by atoms with E-state index in [0.29, 0.717) is 18.5 Å². The zero-order chi connectivity index (χ0) is 17.0. The molecule has 0 bridgehead atoms. The van der Waals surface area contributed by atoms with Crippen LogP contribution in [0.5, 0.6) is 0 Å². The van der Waals surface area contributed by atoms with Gasteiger partial charge in [-0.3, -0.25) is 4.79 Å². The summed E-state index contributed by atoms with van der Waals surface area (Å²) in [7, 11) is 1.71. The fourth-order valence-electron chi connectivity index (χ4n) is 1.98. The molecule has 0 aliphatic rings. The van der Waals surface area contributed by atoms with Crippen LogP contribution < -0.4 is 0 Å². The average molecular weight is 327 g/mol. The Kier molecular flexibility index (Phi) is 5.02. The van der Waals surface area contributed by atoms with Crippen LogP contribution >= 0.6 is 0 Å². The van der Waals surface area contributed by atoms with E-state index in [1.807, 2.05) is 6.92 Å². The third-order valence-corrected chi connectivity index (χ3v) is 3.19. The molecule has 1 aromatic heterocycles. The highest BCUT2D eigenvalue weighted by Gasteiger charge is 2.38. The van der Waals surface area contributed by atoms with Crippen LogP contribution in [0.25, 0.3) is 11.4 Å². The summed E-state index contributed by atoms with van der Waals surface area (Å²) in [6.07, 6.45) is -3.40. The molecule has 0 spiro atoms. The number of rotatable bonds is 5. The smallest absolute Gasteiger partial charge is 0.341 e. The van der Waals surface area contributed by atoms with Gasteiger partial charge >= 0.3 is 12.1 Å². The van der Waals surface area contributed by atoms with Gasteiger partial charge in [-0.15, -0.1) is 0 Å². The molecule has 0 N–H and O–H groups in total. The van der Waals surface area contributed by atoms with Crippen LogP contribution in [0.1, 0.15) is 31.2 Å². The molecule has 1 heterocycles. The Morgan fingerprint density at radius 1 is 1.26 bits per heavy atom. The largest absolute Gasteiger partial charge is 0.471 e. The van der Waals surface area contributed by atoms with Gasteiger partial charge in [-0.25, -0.2) is 0 Å². The minimum absolute atomic E-state index is 0.0459. The molecule has 8 heteroatoms. The maximum atomic E-state index is 12.4. The number of aromatic nitrogens is 2. The van der Waals surface area contributed by atoms with Gasteiger partial charge in [0.15, 0.2) is 0 Å². The number of halogens is 3. The van der Waals surface area contributed by atoms with Gasteiger partial charge in [-0.1, -0.05) is 36.3 Å². The molecule has 1 amide bonds. The lowest BCUT2D eigenvalue weighted by Gasteiger charge is -2.16. The Morgan fingerprint density at radius 2 is 1.91 bits per heavy atom. The number of carbonyl (C=O) groups is 1. The molecule has 0 fully saturated rings. The zero-order valence-electron chi connectivity index (χ0n) is 12.7. The van der Waals surface area contributed by atoms with Crippen molar-refractivity contribution in [3.8, 4) is 11.4 Å². The molecule has 2 aromatic rings. The monoisotopic (exact) mass is 327 g/mol. The number of hydrogen-bond acceptors (Lipinski definition) is 4. The van der Waals surface area contributed by atoms with E-state index >= 15 is 0 Å². The molecule has 124 valence electrons. The van der Waals surface area contributed by atoms with Gasteiger partial charge < -0.3 is 9.42 Å². The lowest BCUT2D eigenvalue weighted by Crippen LogP contribution is -2.25. The number of hydrogen-bond donors (Lipinski definition) is 0. The summed E-state index contributed by atoms with van der Waals surface area (Å²) in [5, 5.41) is 3.33. The van der Waals surface area contributed by atoms with E-state index in [1.165, 1.54) is 0 Å². The SMILES string of the molecule is CCCC(=O)N(C)Cc1ccc(-c2noc(C(F)(F)F)n2)cc1. The Balaban J connectivity index is 2.08. The fraction of sp³-hybridized carbons (Fsp3) is 0.400. The van der Waals surface area contributed by atoms with Crippen molar-refractivity contribution in [2.45, 2.75) is 32.5 Å². The van der Waals surface area contributed by atoms with Crippen molar-refractivity contribution in [3.05, 3.63) is 35.7 Å². The summed E-state index contributed by atoms with van der Waals surface area (Å²) in [6.45, 7) is 2.36. The first-order valence-electron chi connectivity index (χ1n) is 7.05. The van der Waals surface area contributed by atoms with E-state index in [0.717, 1.165) is 12.0 Å². The summed E-state index contributed by atoms with van der Waals surface area (Å²) in [5.74, 6) is -1.45. The second-order valence-corrected chi connectivity index (χ2v) is 5.12. The molecule has 0 radical (unpaired) electrons. The third kappa shape index (κ3) is 4.30. The predicted molar refractivity (Wildman–Crippen MR) is 76.1 cm³/mol. The van der Waals surface area contributed by atoms with Crippen LogP contribution in [0.4, 0.5) is 13.2 Å². The van der Waals surface area contributed by atoms with Crippen molar-refractivity contribution >= 4 is 5.91 Å². The highest BCUT2D eigenvalue weighted by Crippen LogP contribution is 2.29. The van der Waals surface area contributed by atoms with Crippen molar-refractivity contribution in [1.82, 2.24) is 15.0 Å². The molecule has 0 saturated carbocycles. The minimum atomic E-state index is -4.66. The summed E-state index contributed by atoms with van der Waals surface area (Å²) >= 11 is 0. The van der Waals surface area contributed by atoms with E-state index in [4.69, 9.17) is 0 Å². The van der Waals surface area contributed by atoms with Gasteiger partial charge in [-0.2, -0.15) is 18.2 Å². The predicted octanol–water partition coefficient (Wildman–Crippen LogP) is 3.51. The van der Waals surface area contributed by atoms with Gasteiger partial charge in [0.05, 0.1) is 0 Å². The Labute approximate surface area is 131 Å². The van der Waals surface area contributed by atoms with E-state index in [2.05, 4.69) is 14.7 Å². The standard InChI is InChI=1S/C15H16F3N3O2/c1-3-4-12(22)21(2)9-10-5-7-11(8-6-10)13-19-14(23-20-13)15(16,17)18/h5-8H,3-4,9H2,1-2H3. The van der Waals surface area contributed by atoms with Crippen molar-refractivity contribution in [2.75, 3.05) is 7.05 Å². The first-order chi connectivity index (χ1) is 10.8. The molecule has 1 aromatic carbocycles. The highest BCUT2D eigenvalue weighted by molar-refractivity contribution is 5.75. The average Bonchev–Trinajstić information content (AvgIpc) is 2.98. The molecule has 0 aliphatic carbocycles. The molecule has 0 aliphatic heterocycles. The van der Waals surface area contributed by atoms with Gasteiger partial charge in [0.2, 0.25) is 11.7 Å². The second-order valence-electron chi connectivity index (χ2n) is 5.12. The van der Waals surface area contributed by atoms with Gasteiger partial charge in [-0.05, 0) is 12.0 Å². The molecule has 2 rings (SSSR count). The van der Waals surface area contributed by atoms with E-state index in [-0.39, 0.29) is 11.7 Å². The Bertz CT molecular complexity index is 665. The van der Waals surface area contributed by atoms with Gasteiger partial charge in [0, 0.05) is 25.6 Å². The first-order valence-corrected chi connectivity index (χ1v) is 7.05. The fourth-order valence-corrected chi connectivity index (χ4v) is 1.98. The van der Waals surface area contributed by atoms with Crippen LogP contribution in [-0.2, 0) is 17.5 Å². The van der Waals surface area contributed by atoms with E-state index < -0.39 is 12.1 Å². The Morgan fingerprint density at radius 3 is 2.43 bits per heavy atom. The quantitative estimate of drug-likeness (QED) is 0.843. The molecule has 0 unspecified atom stereocenters. The second kappa shape index (κ2) is 6.80. The summed E-state index contributed by atoms with van der Waals surface area (Å²) in [5.41, 5.74) is 1.27. The van der Waals surface area contributed by atoms with Crippen LogP contribution in [0, 0.1) is 0 Å². The highest BCUT2D eigenvalue weighted by atomic mass is 19.4. The lowest BCUT2D eigenvalue weighted by atomic mass is 10.1. The van der Waals surface area contributed by atoms with Crippen molar-refractivity contribution in [2.24, 2.45) is 0 Å². The van der Waals surface area contributed by atoms with E-state index in [9.17, 15) is 18.0 Å². The van der Waals surface area contributed by atoms with Crippen LogP contribution in [0.3, 0.4) is 0 Å². The number of nitrogens with zero attached hydrogens (tertiary/aromatic N) is 3. The molecule has 23 heavy (non-hydrogen) atoms. The minimum Gasteiger partial charge on any atom is -0.341 e. The summed E-state index contributed by atoms with van der Waals surface area (Å²) in [4.78, 5) is 16.7. The van der Waals surface area contributed by atoms with Crippen molar-refractivity contribution in [1.29, 1.82) is 0 Å². The Hall–Kier alpha value is -2.38. The number of benzene rings is 1. The zero-order valence-corrected chi connectivity index (χ0v) is 12.7. The van der Waals surface area contributed by atoms with Crippen molar-refractivity contribution < 1.29 is 22.5 Å².